The van der Waals surface area contributed by atoms with Gasteiger partial charge in [0, 0.05) is 45.0 Å². The lowest BCUT2D eigenvalue weighted by Crippen LogP contribution is -2.47. The SMILES string of the molecule is CCCN(CCC)C(=O)c1ccc(N2CCN(c3ccccc3)CC2)nn1. The molecular weight excluding hydrogens is 338 g/mol. The molecule has 1 fully saturated rings. The first-order chi connectivity index (χ1) is 13.2. The summed E-state index contributed by atoms with van der Waals surface area (Å²) >= 11 is 0. The van der Waals surface area contributed by atoms with Gasteiger partial charge in [0.05, 0.1) is 0 Å². The van der Waals surface area contributed by atoms with Gasteiger partial charge in [-0.3, -0.25) is 4.79 Å². The van der Waals surface area contributed by atoms with Crippen LogP contribution < -0.4 is 9.80 Å². The van der Waals surface area contributed by atoms with E-state index in [1.54, 1.807) is 0 Å². The lowest BCUT2D eigenvalue weighted by Gasteiger charge is -2.36. The Morgan fingerprint density at radius 3 is 2.07 bits per heavy atom. The summed E-state index contributed by atoms with van der Waals surface area (Å²) in [4.78, 5) is 19.1. The number of amides is 1. The number of rotatable bonds is 7. The van der Waals surface area contributed by atoms with E-state index < -0.39 is 0 Å². The van der Waals surface area contributed by atoms with Crippen LogP contribution in [0.2, 0.25) is 0 Å². The molecule has 0 unspecified atom stereocenters. The molecule has 0 aliphatic carbocycles. The van der Waals surface area contributed by atoms with E-state index in [0.717, 1.165) is 57.9 Å². The average molecular weight is 367 g/mol. The van der Waals surface area contributed by atoms with Gasteiger partial charge in [0.25, 0.3) is 5.91 Å². The van der Waals surface area contributed by atoms with Crippen molar-refractivity contribution in [2.45, 2.75) is 26.7 Å². The van der Waals surface area contributed by atoms with Gasteiger partial charge < -0.3 is 14.7 Å². The molecule has 1 aromatic heterocycles. The molecule has 1 aliphatic heterocycles. The lowest BCUT2D eigenvalue weighted by atomic mass is 10.2. The van der Waals surface area contributed by atoms with Crippen molar-refractivity contribution in [1.29, 1.82) is 0 Å². The molecule has 3 rings (SSSR count). The van der Waals surface area contributed by atoms with Gasteiger partial charge in [-0.05, 0) is 37.1 Å². The minimum absolute atomic E-state index is 0.0216. The van der Waals surface area contributed by atoms with Gasteiger partial charge in [-0.1, -0.05) is 32.0 Å². The standard InChI is InChI=1S/C21H29N5O/c1-3-12-26(13-4-2)21(27)19-10-11-20(23-22-19)25-16-14-24(15-17-25)18-8-6-5-7-9-18/h5-11H,3-4,12-17H2,1-2H3. The molecule has 0 saturated carbocycles. The Hall–Kier alpha value is -2.63. The van der Waals surface area contributed by atoms with Gasteiger partial charge in [0.15, 0.2) is 11.5 Å². The number of aromatic nitrogens is 2. The summed E-state index contributed by atoms with van der Waals surface area (Å²) in [5, 5.41) is 8.55. The second-order valence-corrected chi connectivity index (χ2v) is 6.88. The van der Waals surface area contributed by atoms with E-state index in [4.69, 9.17) is 0 Å². The normalized spacial score (nSPS) is 14.3. The molecule has 6 heteroatoms. The Bertz CT molecular complexity index is 705. The van der Waals surface area contributed by atoms with Crippen molar-refractivity contribution in [3.8, 4) is 0 Å². The Morgan fingerprint density at radius 1 is 0.889 bits per heavy atom. The van der Waals surface area contributed by atoms with Crippen LogP contribution in [0.5, 0.6) is 0 Å². The largest absolute Gasteiger partial charge is 0.368 e. The zero-order chi connectivity index (χ0) is 19.1. The van der Waals surface area contributed by atoms with E-state index >= 15 is 0 Å². The highest BCUT2D eigenvalue weighted by atomic mass is 16.2. The zero-order valence-corrected chi connectivity index (χ0v) is 16.3. The lowest BCUT2D eigenvalue weighted by molar-refractivity contribution is 0.0748. The highest BCUT2D eigenvalue weighted by Gasteiger charge is 2.20. The summed E-state index contributed by atoms with van der Waals surface area (Å²) in [6, 6.07) is 14.2. The van der Waals surface area contributed by atoms with Crippen LogP contribution in [0.3, 0.4) is 0 Å². The molecule has 144 valence electrons. The van der Waals surface area contributed by atoms with Gasteiger partial charge >= 0.3 is 0 Å². The third-order valence-electron chi connectivity index (χ3n) is 4.87. The van der Waals surface area contributed by atoms with Gasteiger partial charge in [0.2, 0.25) is 0 Å². The molecule has 0 spiro atoms. The van der Waals surface area contributed by atoms with E-state index in [9.17, 15) is 4.79 Å². The van der Waals surface area contributed by atoms with Crippen molar-refractivity contribution < 1.29 is 4.79 Å². The maximum atomic E-state index is 12.6. The van der Waals surface area contributed by atoms with Gasteiger partial charge in [-0.15, -0.1) is 10.2 Å². The third kappa shape index (κ3) is 4.76. The maximum absolute atomic E-state index is 12.6. The fraction of sp³-hybridized carbons (Fsp3) is 0.476. The monoisotopic (exact) mass is 367 g/mol. The van der Waals surface area contributed by atoms with E-state index in [0.29, 0.717) is 5.69 Å². The van der Waals surface area contributed by atoms with Crippen LogP contribution in [-0.4, -0.2) is 60.3 Å². The molecule has 2 heterocycles. The number of carbonyl (C=O) groups excluding carboxylic acids is 1. The van der Waals surface area contributed by atoms with Crippen LogP contribution in [-0.2, 0) is 0 Å². The highest BCUT2D eigenvalue weighted by molar-refractivity contribution is 5.92. The predicted molar refractivity (Wildman–Crippen MR) is 109 cm³/mol. The molecule has 0 N–H and O–H groups in total. The molecule has 1 aromatic carbocycles. The zero-order valence-electron chi connectivity index (χ0n) is 16.3. The first kappa shape index (κ1) is 19.1. The molecule has 0 atom stereocenters. The minimum atomic E-state index is -0.0216. The summed E-state index contributed by atoms with van der Waals surface area (Å²) in [6.07, 6.45) is 1.89. The molecular formula is C21H29N5O. The molecule has 0 bridgehead atoms. The first-order valence-electron chi connectivity index (χ1n) is 9.91. The number of benzene rings is 1. The molecule has 6 nitrogen and oxygen atoms in total. The van der Waals surface area contributed by atoms with Crippen LogP contribution in [0.25, 0.3) is 0 Å². The molecule has 2 aromatic rings. The Balaban J connectivity index is 1.60. The van der Waals surface area contributed by atoms with E-state index in [2.05, 4.69) is 58.1 Å². The number of hydrogen-bond acceptors (Lipinski definition) is 5. The molecule has 1 aliphatic rings. The van der Waals surface area contributed by atoms with Crippen molar-refractivity contribution >= 4 is 17.4 Å². The van der Waals surface area contributed by atoms with Crippen LogP contribution in [0.1, 0.15) is 37.2 Å². The van der Waals surface area contributed by atoms with Crippen LogP contribution in [0, 0.1) is 0 Å². The molecule has 1 saturated heterocycles. The van der Waals surface area contributed by atoms with Crippen LogP contribution in [0.4, 0.5) is 11.5 Å². The summed E-state index contributed by atoms with van der Waals surface area (Å²) in [5.41, 5.74) is 1.69. The summed E-state index contributed by atoms with van der Waals surface area (Å²) in [6.45, 7) is 9.39. The molecule has 27 heavy (non-hydrogen) atoms. The van der Waals surface area contributed by atoms with Gasteiger partial charge in [-0.2, -0.15) is 0 Å². The topological polar surface area (TPSA) is 52.6 Å². The van der Waals surface area contributed by atoms with Crippen molar-refractivity contribution in [3.05, 3.63) is 48.2 Å². The maximum Gasteiger partial charge on any atom is 0.274 e. The van der Waals surface area contributed by atoms with E-state index in [1.807, 2.05) is 23.1 Å². The third-order valence-corrected chi connectivity index (χ3v) is 4.87. The number of anilines is 2. The summed E-state index contributed by atoms with van der Waals surface area (Å²) < 4.78 is 0. The predicted octanol–water partition coefficient (Wildman–Crippen LogP) is 3.07. The fourth-order valence-electron chi connectivity index (χ4n) is 3.46. The average Bonchev–Trinajstić information content (AvgIpc) is 2.74. The van der Waals surface area contributed by atoms with Crippen molar-refractivity contribution in [1.82, 2.24) is 15.1 Å². The number of piperazine rings is 1. The van der Waals surface area contributed by atoms with Gasteiger partial charge in [0.1, 0.15) is 0 Å². The Morgan fingerprint density at radius 2 is 1.52 bits per heavy atom. The van der Waals surface area contributed by atoms with Crippen molar-refractivity contribution in [2.75, 3.05) is 49.1 Å². The Labute approximate surface area is 161 Å². The number of hydrogen-bond donors (Lipinski definition) is 0. The molecule has 0 radical (unpaired) electrons. The number of carbonyl (C=O) groups is 1. The van der Waals surface area contributed by atoms with E-state index in [-0.39, 0.29) is 5.91 Å². The smallest absolute Gasteiger partial charge is 0.274 e. The van der Waals surface area contributed by atoms with Crippen molar-refractivity contribution in [2.24, 2.45) is 0 Å². The highest BCUT2D eigenvalue weighted by Crippen LogP contribution is 2.18. The van der Waals surface area contributed by atoms with E-state index in [1.165, 1.54) is 5.69 Å². The second kappa shape index (κ2) is 9.35. The summed E-state index contributed by atoms with van der Waals surface area (Å²) in [7, 11) is 0. The Kier molecular flexibility index (Phi) is 6.63. The second-order valence-electron chi connectivity index (χ2n) is 6.88. The van der Waals surface area contributed by atoms with Crippen LogP contribution in [0.15, 0.2) is 42.5 Å². The summed E-state index contributed by atoms with van der Waals surface area (Å²) in [5.74, 6) is 0.823. The van der Waals surface area contributed by atoms with Crippen molar-refractivity contribution in [3.63, 3.8) is 0 Å². The quantitative estimate of drug-likeness (QED) is 0.753. The molecule has 1 amide bonds. The minimum Gasteiger partial charge on any atom is -0.368 e. The van der Waals surface area contributed by atoms with Gasteiger partial charge in [-0.25, -0.2) is 0 Å². The van der Waals surface area contributed by atoms with Crippen LogP contribution >= 0.6 is 0 Å². The number of para-hydroxylation sites is 1. The fourth-order valence-corrected chi connectivity index (χ4v) is 3.46. The number of nitrogens with zero attached hydrogens (tertiary/aromatic N) is 5. The first-order valence-corrected chi connectivity index (χ1v) is 9.91.